The van der Waals surface area contributed by atoms with Gasteiger partial charge in [-0.2, -0.15) is 0 Å². The summed E-state index contributed by atoms with van der Waals surface area (Å²) in [7, 11) is -1.88. The molecule has 6 nitrogen and oxygen atoms in total. The number of aromatic nitrogens is 1. The van der Waals surface area contributed by atoms with Crippen LogP contribution in [-0.4, -0.2) is 37.9 Å². The zero-order valence-electron chi connectivity index (χ0n) is 14.6. The summed E-state index contributed by atoms with van der Waals surface area (Å²) in [6.45, 7) is 1.40. The fourth-order valence-corrected chi connectivity index (χ4v) is 3.54. The smallest absolute Gasteiger partial charge is 0.242 e. The minimum absolute atomic E-state index is 0.523. The van der Waals surface area contributed by atoms with Gasteiger partial charge in [-0.25, -0.2) is 8.42 Å². The van der Waals surface area contributed by atoms with Crippen LogP contribution in [-0.2, 0) is 27.5 Å². The molecule has 25 heavy (non-hydrogen) atoms. The van der Waals surface area contributed by atoms with Crippen molar-refractivity contribution >= 4 is 32.3 Å². The molecule has 1 N–H and O–H groups in total. The Hall–Kier alpha value is -2.15. The molecule has 0 spiro atoms. The fourth-order valence-electron chi connectivity index (χ4n) is 3.09. The van der Waals surface area contributed by atoms with Crippen LogP contribution in [0.25, 0.3) is 10.9 Å². The Morgan fingerprint density at radius 1 is 1.28 bits per heavy atom. The molecule has 0 fully saturated rings. The Bertz CT molecular complexity index is 938. The summed E-state index contributed by atoms with van der Waals surface area (Å²) in [5, 5.41) is 2.52. The predicted octanol–water partition coefficient (Wildman–Crippen LogP) is 2.49. The van der Waals surface area contributed by atoms with Gasteiger partial charge in [0.05, 0.1) is 18.3 Å². The average Bonchev–Trinajstić information content (AvgIpc) is 2.59. The number of hydrogen-bond acceptors (Lipinski definition) is 5. The third kappa shape index (κ3) is 3.46. The van der Waals surface area contributed by atoms with Gasteiger partial charge in [-0.3, -0.25) is 9.78 Å². The molecule has 1 aromatic carbocycles. The highest BCUT2D eigenvalue weighted by molar-refractivity contribution is 7.92. The van der Waals surface area contributed by atoms with E-state index in [4.69, 9.17) is 9.72 Å². The van der Waals surface area contributed by atoms with Crippen molar-refractivity contribution in [1.82, 2.24) is 4.98 Å². The number of nitrogens with one attached hydrogen (secondary N) is 1. The van der Waals surface area contributed by atoms with Crippen LogP contribution in [0.2, 0.25) is 0 Å². The molecule has 1 aliphatic carbocycles. The highest BCUT2D eigenvalue weighted by atomic mass is 32.2. The summed E-state index contributed by atoms with van der Waals surface area (Å²) in [6, 6.07) is 5.52. The van der Waals surface area contributed by atoms with Gasteiger partial charge in [0.15, 0.2) is 9.84 Å². The number of rotatable bonds is 4. The van der Waals surface area contributed by atoms with Gasteiger partial charge >= 0.3 is 0 Å². The lowest BCUT2D eigenvalue weighted by atomic mass is 9.92. The number of carbonyl (C=O) groups is 1. The van der Waals surface area contributed by atoms with E-state index in [9.17, 15) is 13.2 Å². The number of anilines is 1. The highest BCUT2D eigenvalue weighted by Crippen LogP contribution is 2.35. The quantitative estimate of drug-likeness (QED) is 0.903. The van der Waals surface area contributed by atoms with Crippen molar-refractivity contribution in [3.8, 4) is 5.75 Å². The molecule has 2 aromatic rings. The molecule has 1 aromatic heterocycles. The Labute approximate surface area is 147 Å². The Morgan fingerprint density at radius 2 is 2.00 bits per heavy atom. The van der Waals surface area contributed by atoms with Gasteiger partial charge in [-0.15, -0.1) is 0 Å². The number of hydrogen-bond donors (Lipinski definition) is 1. The zero-order valence-corrected chi connectivity index (χ0v) is 15.4. The van der Waals surface area contributed by atoms with E-state index < -0.39 is 21.0 Å². The molecule has 0 saturated carbocycles. The van der Waals surface area contributed by atoms with Crippen LogP contribution in [0.3, 0.4) is 0 Å². The maximum Gasteiger partial charge on any atom is 0.242 e. The lowest BCUT2D eigenvalue weighted by molar-refractivity contribution is -0.115. The minimum atomic E-state index is -3.46. The normalized spacial score (nSPS) is 15.5. The van der Waals surface area contributed by atoms with Crippen LogP contribution >= 0.6 is 0 Å². The molecule has 0 radical (unpaired) electrons. The Balaban J connectivity index is 2.15. The number of sulfone groups is 1. The maximum absolute atomic E-state index is 12.5. The monoisotopic (exact) mass is 362 g/mol. The molecule has 0 saturated heterocycles. The maximum atomic E-state index is 12.5. The second kappa shape index (κ2) is 6.63. The van der Waals surface area contributed by atoms with Gasteiger partial charge < -0.3 is 10.1 Å². The summed E-state index contributed by atoms with van der Waals surface area (Å²) >= 11 is 0. The van der Waals surface area contributed by atoms with Crippen molar-refractivity contribution in [2.24, 2.45) is 0 Å². The number of carbonyl (C=O) groups excluding carboxylic acids is 1. The van der Waals surface area contributed by atoms with Gasteiger partial charge in [0.2, 0.25) is 5.91 Å². The van der Waals surface area contributed by atoms with Crippen molar-refractivity contribution in [1.29, 1.82) is 0 Å². The van der Waals surface area contributed by atoms with Crippen LogP contribution in [0, 0.1) is 0 Å². The van der Waals surface area contributed by atoms with Gasteiger partial charge in [-0.1, -0.05) is 0 Å². The van der Waals surface area contributed by atoms with Crippen LogP contribution in [0.1, 0.15) is 31.0 Å². The van der Waals surface area contributed by atoms with Crippen molar-refractivity contribution in [2.45, 2.75) is 37.9 Å². The lowest BCUT2D eigenvalue weighted by Crippen LogP contribution is -2.32. The van der Waals surface area contributed by atoms with E-state index in [0.29, 0.717) is 11.4 Å². The standard InChI is InChI=1S/C18H22N2O4S/c1-11(25(3,22)23)18(21)20-17-13-6-4-5-7-15(13)19-16-9-8-12(24-2)10-14(16)17/h8-11H,4-7H2,1-3H3,(H,19,20,21). The molecule has 1 amide bonds. The number of methoxy groups -OCH3 is 1. The molecule has 0 bridgehead atoms. The lowest BCUT2D eigenvalue weighted by Gasteiger charge is -2.22. The molecule has 1 atom stereocenters. The first-order valence-electron chi connectivity index (χ1n) is 8.30. The van der Waals surface area contributed by atoms with Crippen LogP contribution in [0.4, 0.5) is 5.69 Å². The summed E-state index contributed by atoms with van der Waals surface area (Å²) in [5.41, 5.74) is 3.41. The largest absolute Gasteiger partial charge is 0.497 e. The van der Waals surface area contributed by atoms with Crippen molar-refractivity contribution in [3.05, 3.63) is 29.5 Å². The van der Waals surface area contributed by atoms with Crippen LogP contribution in [0.15, 0.2) is 18.2 Å². The van der Waals surface area contributed by atoms with Gasteiger partial charge in [0.1, 0.15) is 11.0 Å². The third-order valence-corrected chi connectivity index (χ3v) is 6.23. The van der Waals surface area contributed by atoms with Crippen molar-refractivity contribution in [3.63, 3.8) is 0 Å². The van der Waals surface area contributed by atoms with E-state index in [1.54, 1.807) is 7.11 Å². The first kappa shape index (κ1) is 17.7. The summed E-state index contributed by atoms with van der Waals surface area (Å²) in [6.07, 6.45) is 4.84. The average molecular weight is 362 g/mol. The van der Waals surface area contributed by atoms with Gasteiger partial charge in [0.25, 0.3) is 0 Å². The third-order valence-electron chi connectivity index (χ3n) is 4.73. The number of ether oxygens (including phenoxy) is 1. The molecule has 7 heteroatoms. The summed E-state index contributed by atoms with van der Waals surface area (Å²) in [4.78, 5) is 17.2. The zero-order chi connectivity index (χ0) is 18.2. The SMILES string of the molecule is COc1ccc2nc3c(c(NC(=O)C(C)S(C)(=O)=O)c2c1)CCCC3. The number of aryl methyl sites for hydroxylation is 1. The molecule has 134 valence electrons. The fraction of sp³-hybridized carbons (Fsp3) is 0.444. The van der Waals surface area contributed by atoms with E-state index in [2.05, 4.69) is 5.32 Å². The molecule has 1 unspecified atom stereocenters. The topological polar surface area (TPSA) is 85.4 Å². The van der Waals surface area contributed by atoms with Crippen molar-refractivity contribution < 1.29 is 17.9 Å². The number of nitrogens with zero attached hydrogens (tertiary/aromatic N) is 1. The van der Waals surface area contributed by atoms with E-state index in [1.165, 1.54) is 6.92 Å². The van der Waals surface area contributed by atoms with Gasteiger partial charge in [-0.05, 0) is 56.4 Å². The minimum Gasteiger partial charge on any atom is -0.497 e. The molecule has 0 aliphatic heterocycles. The molecule has 1 heterocycles. The summed E-state index contributed by atoms with van der Waals surface area (Å²) < 4.78 is 28.7. The summed E-state index contributed by atoms with van der Waals surface area (Å²) in [5.74, 6) is 0.141. The first-order valence-corrected chi connectivity index (χ1v) is 10.3. The Kier molecular flexibility index (Phi) is 4.69. The van der Waals surface area contributed by atoms with E-state index in [0.717, 1.165) is 54.1 Å². The van der Waals surface area contributed by atoms with E-state index in [-0.39, 0.29) is 0 Å². The second-order valence-electron chi connectivity index (χ2n) is 6.46. The van der Waals surface area contributed by atoms with Gasteiger partial charge in [0, 0.05) is 17.3 Å². The molecular weight excluding hydrogens is 340 g/mol. The second-order valence-corrected chi connectivity index (χ2v) is 8.83. The van der Waals surface area contributed by atoms with Crippen molar-refractivity contribution in [2.75, 3.05) is 18.7 Å². The molecule has 3 rings (SSSR count). The van der Waals surface area contributed by atoms with E-state index in [1.807, 2.05) is 18.2 Å². The number of benzene rings is 1. The number of fused-ring (bicyclic) bond motifs is 2. The van der Waals surface area contributed by atoms with Crippen LogP contribution < -0.4 is 10.1 Å². The number of pyridine rings is 1. The first-order chi connectivity index (χ1) is 11.8. The van der Waals surface area contributed by atoms with E-state index >= 15 is 0 Å². The molecule has 1 aliphatic rings. The van der Waals surface area contributed by atoms with Crippen LogP contribution in [0.5, 0.6) is 5.75 Å². The molecular formula is C18H22N2O4S. The Morgan fingerprint density at radius 3 is 2.68 bits per heavy atom. The predicted molar refractivity (Wildman–Crippen MR) is 97.9 cm³/mol. The number of amides is 1. The highest BCUT2D eigenvalue weighted by Gasteiger charge is 2.26.